The van der Waals surface area contributed by atoms with E-state index >= 15 is 0 Å². The highest BCUT2D eigenvalue weighted by Crippen LogP contribution is 2.31. The van der Waals surface area contributed by atoms with Gasteiger partial charge >= 0.3 is 0 Å². The molecule has 8 nitrogen and oxygen atoms in total. The van der Waals surface area contributed by atoms with Gasteiger partial charge in [0, 0.05) is 19.2 Å². The monoisotopic (exact) mass is 385 g/mol. The fourth-order valence-corrected chi connectivity index (χ4v) is 5.07. The summed E-state index contributed by atoms with van der Waals surface area (Å²) in [6, 6.07) is 4.12. The molecule has 2 rings (SSSR count). The molecule has 146 valence electrons. The van der Waals surface area contributed by atoms with Crippen LogP contribution in [0.15, 0.2) is 23.1 Å². The Morgan fingerprint density at radius 1 is 1.27 bits per heavy atom. The first kappa shape index (κ1) is 20.6. The third-order valence-corrected chi connectivity index (χ3v) is 6.41. The molecule has 0 bridgehead atoms. The van der Waals surface area contributed by atoms with Crippen LogP contribution < -0.4 is 10.2 Å². The second-order valence-corrected chi connectivity index (χ2v) is 9.53. The maximum absolute atomic E-state index is 12.9. The zero-order valence-electron chi connectivity index (χ0n) is 15.9. The summed E-state index contributed by atoms with van der Waals surface area (Å²) in [5, 5.41) is 14.5. The average molecular weight is 386 g/mol. The Morgan fingerprint density at radius 2 is 1.88 bits per heavy atom. The van der Waals surface area contributed by atoms with Crippen molar-refractivity contribution >= 4 is 21.4 Å². The smallest absolute Gasteiger partial charge is 0.293 e. The molecule has 9 heteroatoms. The van der Waals surface area contributed by atoms with E-state index in [-0.39, 0.29) is 22.4 Å². The van der Waals surface area contributed by atoms with E-state index in [1.807, 2.05) is 27.9 Å². The number of hydrogen-bond acceptors (Lipinski definition) is 5. The summed E-state index contributed by atoms with van der Waals surface area (Å²) < 4.78 is 27.3. The van der Waals surface area contributed by atoms with E-state index in [1.165, 1.54) is 27.4 Å². The molecule has 2 N–H and O–H groups in total. The maximum atomic E-state index is 12.9. The molecule has 0 unspecified atom stereocenters. The Kier molecular flexibility index (Phi) is 6.59. The minimum Gasteiger partial charge on any atom is -0.374 e. The molecular formula is C17H29N4O4S+. The Hall–Kier alpha value is -1.71. The van der Waals surface area contributed by atoms with E-state index in [2.05, 4.69) is 5.32 Å². The van der Waals surface area contributed by atoms with Crippen molar-refractivity contribution in [2.45, 2.75) is 25.2 Å². The molecule has 26 heavy (non-hydrogen) atoms. The second kappa shape index (κ2) is 8.32. The van der Waals surface area contributed by atoms with E-state index in [1.54, 1.807) is 0 Å². The molecule has 0 spiro atoms. The molecule has 1 aliphatic rings. The Morgan fingerprint density at radius 3 is 2.42 bits per heavy atom. The van der Waals surface area contributed by atoms with Gasteiger partial charge in [0.1, 0.15) is 5.69 Å². The summed E-state index contributed by atoms with van der Waals surface area (Å²) in [6.07, 6.45) is 0.989. The van der Waals surface area contributed by atoms with Crippen LogP contribution in [0.25, 0.3) is 0 Å². The fourth-order valence-electron chi connectivity index (χ4n) is 3.37. The summed E-state index contributed by atoms with van der Waals surface area (Å²) in [7, 11) is 0.247. The molecule has 1 heterocycles. The number of benzene rings is 1. The van der Waals surface area contributed by atoms with Crippen LogP contribution >= 0.6 is 0 Å². The molecule has 1 saturated heterocycles. The average Bonchev–Trinajstić information content (AvgIpc) is 2.53. The lowest BCUT2D eigenvalue weighted by Crippen LogP contribution is -3.06. The number of nitrogens with zero attached hydrogens (tertiary/aromatic N) is 2. The first-order valence-electron chi connectivity index (χ1n) is 8.92. The van der Waals surface area contributed by atoms with Crippen LogP contribution in [-0.4, -0.2) is 57.9 Å². The number of likely N-dealkylation sites (N-methyl/N-ethyl adjacent to an activating group) is 1. The number of nitro groups is 1. The minimum absolute atomic E-state index is 0.0192. The fraction of sp³-hybridized carbons (Fsp3) is 0.647. The van der Waals surface area contributed by atoms with Crippen LogP contribution in [-0.2, 0) is 10.0 Å². The van der Waals surface area contributed by atoms with Gasteiger partial charge in [-0.2, -0.15) is 4.31 Å². The van der Waals surface area contributed by atoms with E-state index < -0.39 is 14.9 Å². The summed E-state index contributed by atoms with van der Waals surface area (Å²) >= 11 is 0. The van der Waals surface area contributed by atoms with Gasteiger partial charge in [0.25, 0.3) is 5.69 Å². The number of rotatable bonds is 7. The van der Waals surface area contributed by atoms with Crippen molar-refractivity contribution < 1.29 is 18.2 Å². The van der Waals surface area contributed by atoms with Gasteiger partial charge in [-0.25, -0.2) is 8.42 Å². The standard InChI is InChI=1S/C17H28N4O4S/c1-13-9-14(2)12-20(11-13)26(24,25)15-5-6-16(17(10-15)21(22)23)18-7-8-19(3)4/h5-6,10,13-14,18H,7-9,11-12H2,1-4H3/p+1/t13-,14-/m0/s1. The number of piperidine rings is 1. The quantitative estimate of drug-likeness (QED) is 0.535. The van der Waals surface area contributed by atoms with Crippen molar-refractivity contribution in [1.29, 1.82) is 0 Å². The lowest BCUT2D eigenvalue weighted by Gasteiger charge is -2.34. The molecule has 2 atom stereocenters. The largest absolute Gasteiger partial charge is 0.374 e. The molecule has 1 aliphatic heterocycles. The molecule has 1 aromatic rings. The van der Waals surface area contributed by atoms with Crippen molar-refractivity contribution in [3.8, 4) is 0 Å². The summed E-state index contributed by atoms with van der Waals surface area (Å²) in [5.74, 6) is 0.552. The van der Waals surface area contributed by atoms with Gasteiger partial charge in [-0.3, -0.25) is 10.1 Å². The van der Waals surface area contributed by atoms with Crippen LogP contribution in [0.2, 0.25) is 0 Å². The number of nitrogens with one attached hydrogen (secondary N) is 2. The molecule has 0 saturated carbocycles. The zero-order chi connectivity index (χ0) is 19.5. The predicted octanol–water partition coefficient (Wildman–Crippen LogP) is 0.818. The molecular weight excluding hydrogens is 356 g/mol. The van der Waals surface area contributed by atoms with Crippen LogP contribution in [0.1, 0.15) is 20.3 Å². The van der Waals surface area contributed by atoms with Crippen molar-refractivity contribution in [2.75, 3.05) is 45.6 Å². The zero-order valence-corrected chi connectivity index (χ0v) is 16.7. The van der Waals surface area contributed by atoms with Crippen LogP contribution in [0.3, 0.4) is 0 Å². The van der Waals surface area contributed by atoms with Crippen molar-refractivity contribution in [1.82, 2.24) is 4.31 Å². The summed E-state index contributed by atoms with van der Waals surface area (Å²) in [4.78, 5) is 12.1. The van der Waals surface area contributed by atoms with Gasteiger partial charge in [0.15, 0.2) is 0 Å². The van der Waals surface area contributed by atoms with E-state index in [9.17, 15) is 18.5 Å². The number of nitro benzene ring substituents is 1. The number of quaternary nitrogens is 1. The van der Waals surface area contributed by atoms with E-state index in [0.717, 1.165) is 13.0 Å². The second-order valence-electron chi connectivity index (χ2n) is 7.59. The number of anilines is 1. The SMILES string of the molecule is C[C@H]1C[C@H](C)CN(S(=O)(=O)c2ccc(NCC[NH+](C)C)c([N+](=O)[O-])c2)C1. The van der Waals surface area contributed by atoms with E-state index in [4.69, 9.17) is 0 Å². The third kappa shape index (κ3) is 4.93. The first-order valence-corrected chi connectivity index (χ1v) is 10.4. The molecule has 1 aromatic carbocycles. The topological polar surface area (TPSA) is 97.0 Å². The lowest BCUT2D eigenvalue weighted by atomic mass is 9.94. The highest BCUT2D eigenvalue weighted by molar-refractivity contribution is 7.89. The van der Waals surface area contributed by atoms with Gasteiger partial charge in [0.05, 0.1) is 37.0 Å². The highest BCUT2D eigenvalue weighted by atomic mass is 32.2. The van der Waals surface area contributed by atoms with Crippen molar-refractivity contribution in [3.05, 3.63) is 28.3 Å². The molecule has 0 radical (unpaired) electrons. The van der Waals surface area contributed by atoms with Crippen molar-refractivity contribution in [2.24, 2.45) is 11.8 Å². The maximum Gasteiger partial charge on any atom is 0.293 e. The van der Waals surface area contributed by atoms with Gasteiger partial charge in [-0.1, -0.05) is 13.8 Å². The van der Waals surface area contributed by atoms with Crippen LogP contribution in [0.5, 0.6) is 0 Å². The Labute approximate surface area is 155 Å². The molecule has 0 aromatic heterocycles. The Balaban J connectivity index is 2.28. The van der Waals surface area contributed by atoms with Gasteiger partial charge in [-0.15, -0.1) is 0 Å². The Bertz CT molecular complexity index is 741. The molecule has 1 fully saturated rings. The number of sulfonamides is 1. The van der Waals surface area contributed by atoms with Gasteiger partial charge < -0.3 is 10.2 Å². The third-order valence-electron chi connectivity index (χ3n) is 4.58. The van der Waals surface area contributed by atoms with Crippen LogP contribution in [0.4, 0.5) is 11.4 Å². The minimum atomic E-state index is -3.74. The first-order chi connectivity index (χ1) is 12.1. The molecule has 0 amide bonds. The van der Waals surface area contributed by atoms with Crippen molar-refractivity contribution in [3.63, 3.8) is 0 Å². The van der Waals surface area contributed by atoms with Gasteiger partial charge in [0.2, 0.25) is 10.0 Å². The summed E-state index contributed by atoms with van der Waals surface area (Å²) in [6.45, 7) is 6.32. The molecule has 0 aliphatic carbocycles. The van der Waals surface area contributed by atoms with E-state index in [0.29, 0.717) is 25.3 Å². The highest BCUT2D eigenvalue weighted by Gasteiger charge is 2.33. The van der Waals surface area contributed by atoms with Gasteiger partial charge in [-0.05, 0) is 30.4 Å². The van der Waals surface area contributed by atoms with Crippen LogP contribution in [0, 0.1) is 22.0 Å². The number of hydrogen-bond donors (Lipinski definition) is 2. The normalized spacial score (nSPS) is 21.7. The lowest BCUT2D eigenvalue weighted by molar-refractivity contribution is -0.856. The predicted molar refractivity (Wildman–Crippen MR) is 101 cm³/mol. The summed E-state index contributed by atoms with van der Waals surface area (Å²) in [5.41, 5.74) is 0.133.